The lowest BCUT2D eigenvalue weighted by Crippen LogP contribution is -2.49. The van der Waals surface area contributed by atoms with E-state index in [2.05, 4.69) is 15.4 Å². The third-order valence-corrected chi connectivity index (χ3v) is 11.6. The van der Waals surface area contributed by atoms with Gasteiger partial charge in [-0.15, -0.1) is 5.73 Å². The smallest absolute Gasteiger partial charge is 0.471 e. The van der Waals surface area contributed by atoms with E-state index in [1.807, 2.05) is 23.5 Å². The van der Waals surface area contributed by atoms with E-state index in [1.54, 1.807) is 6.08 Å². The van der Waals surface area contributed by atoms with E-state index >= 15 is 0 Å². The highest BCUT2D eigenvalue weighted by molar-refractivity contribution is 7.93. The Balaban J connectivity index is 1.44. The van der Waals surface area contributed by atoms with Crippen LogP contribution in [-0.2, 0) is 40.9 Å². The van der Waals surface area contributed by atoms with Crippen LogP contribution in [0.15, 0.2) is 58.1 Å². The van der Waals surface area contributed by atoms with Crippen molar-refractivity contribution in [1.29, 1.82) is 0 Å². The van der Waals surface area contributed by atoms with Crippen LogP contribution in [0.25, 0.3) is 0 Å². The molecule has 47 heavy (non-hydrogen) atoms. The number of ether oxygens (including phenoxy) is 2. The largest absolute Gasteiger partial charge is 0.495 e. The maximum absolute atomic E-state index is 13.5. The Labute approximate surface area is 276 Å². The van der Waals surface area contributed by atoms with E-state index in [-0.39, 0.29) is 36.0 Å². The highest BCUT2D eigenvalue weighted by Crippen LogP contribution is 2.46. The van der Waals surface area contributed by atoms with Gasteiger partial charge in [0.1, 0.15) is 11.4 Å². The number of nitrogens with one attached hydrogen (secondary N) is 2. The Morgan fingerprint density at radius 2 is 1.98 bits per heavy atom. The van der Waals surface area contributed by atoms with Gasteiger partial charge in [0.15, 0.2) is 0 Å². The Hall–Kier alpha value is -3.25. The zero-order valence-corrected chi connectivity index (χ0v) is 27.7. The minimum atomic E-state index is -5.10. The molecule has 1 saturated carbocycles. The number of hydrogen-bond donors (Lipinski definition) is 2. The van der Waals surface area contributed by atoms with E-state index in [4.69, 9.17) is 21.1 Å². The van der Waals surface area contributed by atoms with Crippen LogP contribution >= 0.6 is 11.6 Å². The first-order valence-electron chi connectivity index (χ1n) is 15.7. The van der Waals surface area contributed by atoms with Gasteiger partial charge in [-0.05, 0) is 93.7 Å². The first-order valence-corrected chi connectivity index (χ1v) is 17.6. The third-order valence-electron chi connectivity index (χ3n) is 9.93. The van der Waals surface area contributed by atoms with Crippen LogP contribution < -0.4 is 10.0 Å². The molecule has 2 bridgehead atoms. The first kappa shape index (κ1) is 33.6. The first-order chi connectivity index (χ1) is 22.1. The van der Waals surface area contributed by atoms with Crippen molar-refractivity contribution >= 4 is 33.4 Å². The summed E-state index contributed by atoms with van der Waals surface area (Å²) in [6.07, 6.45) is 1.89. The van der Waals surface area contributed by atoms with Gasteiger partial charge < -0.3 is 19.7 Å². The second kappa shape index (κ2) is 12.3. The Morgan fingerprint density at radius 1 is 1.19 bits per heavy atom. The van der Waals surface area contributed by atoms with Crippen LogP contribution in [0.2, 0.25) is 5.02 Å². The molecule has 1 fully saturated rings. The number of carbonyl (C=O) groups is 2. The molecule has 0 unspecified atom stereocenters. The molecule has 3 atom stereocenters. The molecule has 0 aromatic heterocycles. The lowest BCUT2D eigenvalue weighted by Gasteiger charge is -2.45. The zero-order chi connectivity index (χ0) is 33.8. The molecule has 2 N–H and O–H groups in total. The van der Waals surface area contributed by atoms with Crippen molar-refractivity contribution in [2.75, 3.05) is 26.3 Å². The molecule has 1 aromatic carbocycles. The van der Waals surface area contributed by atoms with Crippen LogP contribution in [0.5, 0.6) is 0 Å². The molecule has 0 radical (unpaired) electrons. The van der Waals surface area contributed by atoms with Gasteiger partial charge >= 0.3 is 12.1 Å². The fourth-order valence-corrected chi connectivity index (χ4v) is 8.64. The molecule has 5 aliphatic rings. The maximum atomic E-state index is 13.5. The Morgan fingerprint density at radius 3 is 2.70 bits per heavy atom. The highest BCUT2D eigenvalue weighted by Gasteiger charge is 2.46. The van der Waals surface area contributed by atoms with Crippen molar-refractivity contribution in [1.82, 2.24) is 14.9 Å². The topological polar surface area (TPSA) is 114 Å². The van der Waals surface area contributed by atoms with Gasteiger partial charge in [-0.2, -0.15) is 13.2 Å². The van der Waals surface area contributed by atoms with Crippen molar-refractivity contribution in [2.24, 2.45) is 11.8 Å². The van der Waals surface area contributed by atoms with Crippen molar-refractivity contribution in [3.63, 3.8) is 0 Å². The maximum Gasteiger partial charge on any atom is 0.471 e. The number of rotatable bonds is 1. The van der Waals surface area contributed by atoms with Gasteiger partial charge in [-0.3, -0.25) is 9.59 Å². The number of aryl methyl sites for hydroxylation is 1. The number of benzene rings is 1. The normalized spacial score (nSPS) is 28.8. The van der Waals surface area contributed by atoms with E-state index in [0.29, 0.717) is 49.0 Å². The predicted octanol–water partition coefficient (Wildman–Crippen LogP) is 5.13. The summed E-state index contributed by atoms with van der Waals surface area (Å²) in [5, 5.41) is 2.67. The lowest BCUT2D eigenvalue weighted by atomic mass is 9.69. The minimum Gasteiger partial charge on any atom is -0.495 e. The third kappa shape index (κ3) is 6.72. The number of hydrogen-bond acceptors (Lipinski definition) is 7. The zero-order valence-electron chi connectivity index (χ0n) is 26.1. The summed E-state index contributed by atoms with van der Waals surface area (Å²) in [5.41, 5.74) is 3.52. The van der Waals surface area contributed by atoms with Crippen LogP contribution in [0.1, 0.15) is 63.5 Å². The number of alkyl halides is 3. The molecule has 1 aromatic rings. The SMILES string of the molecule is CC1(C)OCC=C=C(NC(=O)C(F)(F)F)[C@@H]2CC[C@H]2CN2C[C@@]3(CCCc4cc(Cl)ccc43)COC3=C2C=C(CC3)S(=O)(=O)NC1=O. The van der Waals surface area contributed by atoms with Crippen LogP contribution in [0.4, 0.5) is 13.2 Å². The second-order valence-electron chi connectivity index (χ2n) is 13.4. The number of carbonyl (C=O) groups excluding carboxylic acids is 2. The molecule has 6 rings (SSSR count). The molecule has 9 nitrogen and oxygen atoms in total. The quantitative estimate of drug-likeness (QED) is 0.392. The van der Waals surface area contributed by atoms with Crippen molar-refractivity contribution in [2.45, 2.75) is 76.0 Å². The summed E-state index contributed by atoms with van der Waals surface area (Å²) in [5.74, 6) is -3.02. The molecule has 1 spiro atoms. The molecular weight excluding hydrogens is 659 g/mol. The fourth-order valence-electron chi connectivity index (χ4n) is 7.19. The summed E-state index contributed by atoms with van der Waals surface area (Å²) in [6, 6.07) is 5.85. The number of halogens is 4. The number of sulfonamides is 1. The van der Waals surface area contributed by atoms with Crippen LogP contribution in [0.3, 0.4) is 0 Å². The molecule has 3 aliphatic carbocycles. The second-order valence-corrected chi connectivity index (χ2v) is 15.6. The average Bonchev–Trinajstić information content (AvgIpc) is 3.13. The molecule has 0 saturated heterocycles. The summed E-state index contributed by atoms with van der Waals surface area (Å²) < 4.78 is 81.4. The van der Waals surface area contributed by atoms with E-state index in [0.717, 1.165) is 30.4 Å². The molecule has 254 valence electrons. The Kier molecular flexibility index (Phi) is 8.82. The van der Waals surface area contributed by atoms with Crippen LogP contribution in [0, 0.1) is 11.8 Å². The van der Waals surface area contributed by atoms with Crippen LogP contribution in [-0.4, -0.2) is 63.2 Å². The van der Waals surface area contributed by atoms with Gasteiger partial charge in [0.2, 0.25) is 0 Å². The lowest BCUT2D eigenvalue weighted by molar-refractivity contribution is -0.173. The van der Waals surface area contributed by atoms with Gasteiger partial charge in [-0.25, -0.2) is 13.1 Å². The standard InChI is InChI=1S/C33H37ClF3N3O6S/c1-31(2)29(41)39-47(43,44)23-9-12-28-27(16-23)40(18-32(19-45-28)13-3-5-20-15-22(34)8-11-25(20)32)17-21-7-10-24(21)26(6-4-14-46-31)38-30(42)33(35,36)37/h4,8,11,15-16,21,24H,3,5,7,9-10,12-14,17-19H2,1-2H3,(H,38,42)(H,39,41)/t6?,21-,24+,32-/m0/s1. The summed E-state index contributed by atoms with van der Waals surface area (Å²) in [6.45, 7) is 3.70. The monoisotopic (exact) mass is 695 g/mol. The van der Waals surface area contributed by atoms with Gasteiger partial charge in [-0.1, -0.05) is 17.7 Å². The van der Waals surface area contributed by atoms with E-state index < -0.39 is 44.9 Å². The molecule has 2 amide bonds. The van der Waals surface area contributed by atoms with Gasteiger partial charge in [0.05, 0.1) is 29.5 Å². The van der Waals surface area contributed by atoms with Crippen molar-refractivity contribution < 1.29 is 40.7 Å². The molecule has 14 heteroatoms. The average molecular weight is 696 g/mol. The number of fused-ring (bicyclic) bond motifs is 3. The summed E-state index contributed by atoms with van der Waals surface area (Å²) >= 11 is 6.36. The number of amides is 2. The number of allylic oxidation sites excluding steroid dienone is 3. The van der Waals surface area contributed by atoms with Gasteiger partial charge in [0, 0.05) is 35.9 Å². The fraction of sp³-hybridized carbons (Fsp3) is 0.545. The minimum absolute atomic E-state index is 0.00313. The number of nitrogens with zero attached hydrogens (tertiary/aromatic N) is 1. The van der Waals surface area contributed by atoms with Gasteiger partial charge in [0.25, 0.3) is 15.9 Å². The molecule has 2 aliphatic heterocycles. The predicted molar refractivity (Wildman–Crippen MR) is 167 cm³/mol. The van der Waals surface area contributed by atoms with Crippen molar-refractivity contribution in [3.05, 3.63) is 74.3 Å². The molecule has 2 heterocycles. The van der Waals surface area contributed by atoms with E-state index in [9.17, 15) is 31.2 Å². The molecular formula is C33H37ClF3N3O6S. The van der Waals surface area contributed by atoms with Crippen molar-refractivity contribution in [3.8, 4) is 0 Å². The summed E-state index contributed by atoms with van der Waals surface area (Å²) in [4.78, 5) is 27.3. The summed E-state index contributed by atoms with van der Waals surface area (Å²) in [7, 11) is -4.25. The Bertz CT molecular complexity index is 1730. The highest BCUT2D eigenvalue weighted by atomic mass is 35.5. The van der Waals surface area contributed by atoms with E-state index in [1.165, 1.54) is 19.9 Å².